The van der Waals surface area contributed by atoms with Crippen molar-refractivity contribution < 1.29 is 13.9 Å². The highest BCUT2D eigenvalue weighted by molar-refractivity contribution is 7.98. The minimum absolute atomic E-state index is 0.220. The van der Waals surface area contributed by atoms with Gasteiger partial charge in [-0.25, -0.2) is 4.79 Å². The highest BCUT2D eigenvalue weighted by Gasteiger charge is 2.36. The van der Waals surface area contributed by atoms with Gasteiger partial charge in [-0.3, -0.25) is 4.90 Å². The van der Waals surface area contributed by atoms with Gasteiger partial charge in [-0.2, -0.15) is 0 Å². The fraction of sp³-hybridized carbons (Fsp3) is 0.500. The van der Waals surface area contributed by atoms with E-state index in [-0.39, 0.29) is 12.1 Å². The van der Waals surface area contributed by atoms with Crippen LogP contribution < -0.4 is 0 Å². The Morgan fingerprint density at radius 3 is 2.77 bits per heavy atom. The molecule has 3 rings (SSSR count). The van der Waals surface area contributed by atoms with Gasteiger partial charge in [0.1, 0.15) is 11.6 Å². The molecule has 1 aromatic carbocycles. The summed E-state index contributed by atoms with van der Waals surface area (Å²) in [6.45, 7) is 6.20. The summed E-state index contributed by atoms with van der Waals surface area (Å²) in [5, 5.41) is 9.45. The smallest absolute Gasteiger partial charge is 0.410 e. The molecule has 8 heteroatoms. The number of nitrogens with zero attached hydrogens (tertiary/aromatic N) is 3. The highest BCUT2D eigenvalue weighted by Crippen LogP contribution is 2.34. The van der Waals surface area contributed by atoms with E-state index in [1.54, 1.807) is 4.90 Å². The van der Waals surface area contributed by atoms with Gasteiger partial charge in [0.25, 0.3) is 5.22 Å². The minimum atomic E-state index is -0.529. The maximum Gasteiger partial charge on any atom is 0.410 e. The molecule has 1 amide bonds. The average molecular weight is 396 g/mol. The molecule has 0 spiro atoms. The fourth-order valence-corrected chi connectivity index (χ4v) is 3.55. The van der Waals surface area contributed by atoms with E-state index in [2.05, 4.69) is 10.2 Å². The van der Waals surface area contributed by atoms with Gasteiger partial charge in [0.05, 0.1) is 0 Å². The van der Waals surface area contributed by atoms with Crippen LogP contribution in [-0.2, 0) is 10.5 Å². The molecule has 0 saturated carbocycles. The molecule has 0 radical (unpaired) electrons. The summed E-state index contributed by atoms with van der Waals surface area (Å²) in [7, 11) is 0. The van der Waals surface area contributed by atoms with E-state index in [9.17, 15) is 4.79 Å². The molecule has 2 heterocycles. The van der Waals surface area contributed by atoms with Crippen LogP contribution in [0.1, 0.15) is 51.1 Å². The summed E-state index contributed by atoms with van der Waals surface area (Å²) < 4.78 is 11.3. The van der Waals surface area contributed by atoms with E-state index in [4.69, 9.17) is 20.8 Å². The van der Waals surface area contributed by atoms with Gasteiger partial charge < -0.3 is 9.15 Å². The zero-order chi connectivity index (χ0) is 18.7. The number of hydrogen-bond donors (Lipinski definition) is 0. The quantitative estimate of drug-likeness (QED) is 0.672. The number of thioether (sulfide) groups is 1. The minimum Gasteiger partial charge on any atom is -0.444 e. The van der Waals surface area contributed by atoms with Crippen molar-refractivity contribution in [1.82, 2.24) is 15.1 Å². The normalized spacial score (nSPS) is 17.5. The maximum atomic E-state index is 12.4. The topological polar surface area (TPSA) is 68.5 Å². The average Bonchev–Trinajstić information content (AvgIpc) is 3.21. The zero-order valence-corrected chi connectivity index (χ0v) is 16.6. The second-order valence-electron chi connectivity index (χ2n) is 7.15. The van der Waals surface area contributed by atoms with E-state index < -0.39 is 5.60 Å². The lowest BCUT2D eigenvalue weighted by Gasteiger charge is -2.27. The first kappa shape index (κ1) is 19.0. The lowest BCUT2D eigenvalue weighted by atomic mass is 10.2. The number of ether oxygens (including phenoxy) is 1. The Morgan fingerprint density at radius 1 is 1.35 bits per heavy atom. The first-order chi connectivity index (χ1) is 12.3. The van der Waals surface area contributed by atoms with Gasteiger partial charge in [0, 0.05) is 17.3 Å². The van der Waals surface area contributed by atoms with E-state index in [0.29, 0.717) is 28.4 Å². The van der Waals surface area contributed by atoms with Crippen LogP contribution in [0.5, 0.6) is 0 Å². The molecule has 1 aliphatic rings. The van der Waals surface area contributed by atoms with Crippen molar-refractivity contribution in [2.75, 3.05) is 6.54 Å². The first-order valence-corrected chi connectivity index (χ1v) is 9.88. The number of halogens is 1. The third kappa shape index (κ3) is 4.92. The van der Waals surface area contributed by atoms with Crippen LogP contribution >= 0.6 is 23.4 Å². The van der Waals surface area contributed by atoms with Gasteiger partial charge in [0.2, 0.25) is 5.89 Å². The molecule has 0 bridgehead atoms. The van der Waals surface area contributed by atoms with Crippen molar-refractivity contribution in [3.05, 3.63) is 40.7 Å². The first-order valence-electron chi connectivity index (χ1n) is 8.52. The standard InChI is InChI=1S/C18H22ClN3O3S/c1-18(2,3)25-17(23)22-10-4-5-14(22)15-20-21-16(24-15)26-11-12-6-8-13(19)9-7-12/h6-9,14H,4-5,10-11H2,1-3H3/t14-/m0/s1. The lowest BCUT2D eigenvalue weighted by molar-refractivity contribution is 0.0201. The number of likely N-dealkylation sites (tertiary alicyclic amines) is 1. The zero-order valence-electron chi connectivity index (χ0n) is 15.1. The van der Waals surface area contributed by atoms with Crippen LogP contribution in [0.4, 0.5) is 4.79 Å². The maximum absolute atomic E-state index is 12.4. The molecule has 0 N–H and O–H groups in total. The third-order valence-electron chi connectivity index (χ3n) is 3.86. The number of hydrogen-bond acceptors (Lipinski definition) is 6. The number of carbonyl (C=O) groups excluding carboxylic acids is 1. The Balaban J connectivity index is 1.62. The predicted molar refractivity (Wildman–Crippen MR) is 100 cm³/mol. The van der Waals surface area contributed by atoms with Gasteiger partial charge in [-0.05, 0) is 51.3 Å². The Kier molecular flexibility index (Phi) is 5.77. The summed E-state index contributed by atoms with van der Waals surface area (Å²) in [5.41, 5.74) is 0.592. The largest absolute Gasteiger partial charge is 0.444 e. The van der Waals surface area contributed by atoms with E-state index >= 15 is 0 Å². The van der Waals surface area contributed by atoms with E-state index in [1.165, 1.54) is 11.8 Å². The third-order valence-corrected chi connectivity index (χ3v) is 5.01. The number of rotatable bonds is 4. The van der Waals surface area contributed by atoms with Gasteiger partial charge in [0.15, 0.2) is 0 Å². The number of carbonyl (C=O) groups is 1. The summed E-state index contributed by atoms with van der Waals surface area (Å²) in [4.78, 5) is 14.1. The van der Waals surface area contributed by atoms with Gasteiger partial charge in [-0.15, -0.1) is 10.2 Å². The molecular weight excluding hydrogens is 374 g/mol. The van der Waals surface area contributed by atoms with Crippen molar-refractivity contribution in [2.45, 2.75) is 56.2 Å². The Bertz CT molecular complexity index is 758. The van der Waals surface area contributed by atoms with E-state index in [1.807, 2.05) is 45.0 Å². The second-order valence-corrected chi connectivity index (χ2v) is 8.52. The summed E-state index contributed by atoms with van der Waals surface area (Å²) in [6.07, 6.45) is 1.34. The monoisotopic (exact) mass is 395 g/mol. The van der Waals surface area contributed by atoms with Crippen LogP contribution in [0.25, 0.3) is 0 Å². The van der Waals surface area contributed by atoms with E-state index in [0.717, 1.165) is 18.4 Å². The number of benzene rings is 1. The highest BCUT2D eigenvalue weighted by atomic mass is 35.5. The predicted octanol–water partition coefficient (Wildman–Crippen LogP) is 5.09. The molecule has 0 unspecified atom stereocenters. The molecule has 26 heavy (non-hydrogen) atoms. The SMILES string of the molecule is CC(C)(C)OC(=O)N1CCC[C@H]1c1nnc(SCc2ccc(Cl)cc2)o1. The number of amides is 1. The van der Waals surface area contributed by atoms with Crippen molar-refractivity contribution in [3.63, 3.8) is 0 Å². The molecule has 1 aromatic heterocycles. The van der Waals surface area contributed by atoms with Crippen LogP contribution in [0, 0.1) is 0 Å². The molecule has 1 fully saturated rings. The van der Waals surface area contributed by atoms with Gasteiger partial charge in [-0.1, -0.05) is 35.5 Å². The van der Waals surface area contributed by atoms with Crippen molar-refractivity contribution in [3.8, 4) is 0 Å². The van der Waals surface area contributed by atoms with Crippen molar-refractivity contribution in [1.29, 1.82) is 0 Å². The summed E-state index contributed by atoms with van der Waals surface area (Å²) in [5.74, 6) is 1.17. The Morgan fingerprint density at radius 2 is 2.08 bits per heavy atom. The second kappa shape index (κ2) is 7.88. The summed E-state index contributed by atoms with van der Waals surface area (Å²) >= 11 is 7.35. The molecule has 140 valence electrons. The molecule has 2 aromatic rings. The molecule has 1 saturated heterocycles. The van der Waals surface area contributed by atoms with Crippen LogP contribution in [0.2, 0.25) is 5.02 Å². The molecule has 1 atom stereocenters. The lowest BCUT2D eigenvalue weighted by Crippen LogP contribution is -2.36. The molecular formula is C18H22ClN3O3S. The van der Waals surface area contributed by atoms with Crippen LogP contribution in [-0.4, -0.2) is 33.3 Å². The fourth-order valence-electron chi connectivity index (χ4n) is 2.70. The molecule has 0 aliphatic carbocycles. The van der Waals surface area contributed by atoms with Gasteiger partial charge >= 0.3 is 6.09 Å². The Hall–Kier alpha value is -1.73. The molecule has 6 nitrogen and oxygen atoms in total. The van der Waals surface area contributed by atoms with Crippen molar-refractivity contribution in [2.24, 2.45) is 0 Å². The van der Waals surface area contributed by atoms with Crippen LogP contribution in [0.3, 0.4) is 0 Å². The number of aromatic nitrogens is 2. The van der Waals surface area contributed by atoms with Crippen LogP contribution in [0.15, 0.2) is 33.9 Å². The summed E-state index contributed by atoms with van der Waals surface area (Å²) in [6, 6.07) is 7.42. The van der Waals surface area contributed by atoms with Crippen molar-refractivity contribution >= 4 is 29.5 Å². The Labute approximate surface area is 162 Å². The molecule has 1 aliphatic heterocycles.